The predicted molar refractivity (Wildman–Crippen MR) is 173 cm³/mol. The van der Waals surface area contributed by atoms with Crippen LogP contribution in [0.3, 0.4) is 0 Å². The van der Waals surface area contributed by atoms with Gasteiger partial charge in [0.25, 0.3) is 0 Å². The van der Waals surface area contributed by atoms with Crippen LogP contribution in [0.15, 0.2) is 78.0 Å². The third-order valence-electron chi connectivity index (χ3n) is 9.08. The van der Waals surface area contributed by atoms with Gasteiger partial charge in [0.2, 0.25) is 0 Å². The lowest BCUT2D eigenvalue weighted by atomic mass is 9.90. The van der Waals surface area contributed by atoms with Gasteiger partial charge in [-0.15, -0.1) is 11.3 Å². The lowest BCUT2D eigenvalue weighted by molar-refractivity contribution is 0.220. The molecule has 2 aliphatic rings. The Bertz CT molecular complexity index is 1500. The van der Waals surface area contributed by atoms with Crippen LogP contribution in [0.25, 0.3) is 11.3 Å². The highest BCUT2D eigenvalue weighted by atomic mass is 32.1. The quantitative estimate of drug-likeness (QED) is 0.0740. The first-order chi connectivity index (χ1) is 21.1. The Kier molecular flexibility index (Phi) is 9.39. The molecule has 1 unspecified atom stereocenters. The normalized spacial score (nSPS) is 17.3. The van der Waals surface area contributed by atoms with E-state index in [1.807, 2.05) is 47.7 Å². The van der Waals surface area contributed by atoms with Crippen molar-refractivity contribution in [3.63, 3.8) is 0 Å². The Labute approximate surface area is 258 Å². The van der Waals surface area contributed by atoms with Gasteiger partial charge in [-0.3, -0.25) is 0 Å². The van der Waals surface area contributed by atoms with Gasteiger partial charge in [0, 0.05) is 21.9 Å². The highest BCUT2D eigenvalue weighted by Gasteiger charge is 2.25. The zero-order valence-electron chi connectivity index (χ0n) is 24.6. The molecule has 2 fully saturated rings. The molecule has 7 heteroatoms. The molecule has 0 aliphatic heterocycles. The smallest absolute Gasteiger partial charge is 0.170 e. The maximum Gasteiger partial charge on any atom is 0.170 e. The van der Waals surface area contributed by atoms with Crippen molar-refractivity contribution in [2.24, 2.45) is 16.8 Å². The monoisotopic (exact) mass is 595 g/mol. The molecule has 0 saturated heterocycles. The Morgan fingerprint density at radius 3 is 2.14 bits per heavy atom. The molecule has 2 saturated carbocycles. The molecule has 2 aliphatic carbocycles. The number of thiazole rings is 1. The maximum absolute atomic E-state index is 11.2. The van der Waals surface area contributed by atoms with Crippen molar-refractivity contribution < 1.29 is 15.1 Å². The van der Waals surface area contributed by atoms with Gasteiger partial charge >= 0.3 is 0 Å². The molecule has 1 aromatic heterocycles. The number of benzene rings is 3. The second kappa shape index (κ2) is 13.7. The molecule has 0 amide bonds. The van der Waals surface area contributed by atoms with Crippen LogP contribution in [0, 0.1) is 5.92 Å². The summed E-state index contributed by atoms with van der Waals surface area (Å²) in [6.07, 6.45) is 12.4. The molecule has 1 heterocycles. The van der Waals surface area contributed by atoms with E-state index in [2.05, 4.69) is 17.3 Å². The number of oxime groups is 1. The van der Waals surface area contributed by atoms with Crippen LogP contribution >= 0.6 is 11.3 Å². The number of ether oxygens (including phenoxy) is 1. The van der Waals surface area contributed by atoms with Crippen LogP contribution in [-0.2, 0) is 13.0 Å². The van der Waals surface area contributed by atoms with Gasteiger partial charge in [-0.25, -0.2) is 4.98 Å². The van der Waals surface area contributed by atoms with Crippen LogP contribution < -0.4 is 10.5 Å². The summed E-state index contributed by atoms with van der Waals surface area (Å²) in [7, 11) is 0. The first-order valence-corrected chi connectivity index (χ1v) is 16.5. The number of nitrogens with zero attached hydrogens (tertiary/aromatic N) is 2. The van der Waals surface area contributed by atoms with Crippen molar-refractivity contribution in [3.8, 4) is 17.0 Å². The van der Waals surface area contributed by atoms with E-state index in [-0.39, 0.29) is 5.84 Å². The summed E-state index contributed by atoms with van der Waals surface area (Å²) in [5, 5.41) is 24.3. The van der Waals surface area contributed by atoms with E-state index >= 15 is 0 Å². The highest BCUT2D eigenvalue weighted by Crippen LogP contribution is 2.41. The van der Waals surface area contributed by atoms with E-state index in [0.717, 1.165) is 34.6 Å². The lowest BCUT2D eigenvalue weighted by Crippen LogP contribution is -2.12. The van der Waals surface area contributed by atoms with Crippen LogP contribution in [0.5, 0.6) is 5.75 Å². The van der Waals surface area contributed by atoms with E-state index < -0.39 is 6.10 Å². The van der Waals surface area contributed by atoms with Crippen molar-refractivity contribution in [1.82, 2.24) is 4.98 Å². The summed E-state index contributed by atoms with van der Waals surface area (Å²) in [4.78, 5) is 6.72. The largest absolute Gasteiger partial charge is 0.489 e. The molecule has 224 valence electrons. The minimum Gasteiger partial charge on any atom is -0.489 e. The minimum atomic E-state index is -0.707. The van der Waals surface area contributed by atoms with Crippen molar-refractivity contribution in [3.05, 3.63) is 105 Å². The van der Waals surface area contributed by atoms with Crippen LogP contribution in [0.4, 0.5) is 0 Å². The van der Waals surface area contributed by atoms with Gasteiger partial charge in [-0.2, -0.15) is 0 Å². The number of hydrogen-bond donors (Lipinski definition) is 3. The summed E-state index contributed by atoms with van der Waals surface area (Å²) >= 11 is 1.97. The molecule has 6 nitrogen and oxygen atoms in total. The van der Waals surface area contributed by atoms with E-state index in [9.17, 15) is 5.11 Å². The van der Waals surface area contributed by atoms with E-state index in [1.165, 1.54) is 73.4 Å². The Morgan fingerprint density at radius 1 is 0.860 bits per heavy atom. The standard InChI is InChI=1S/C36H41N3O3S/c37-35(39-41)29-18-20-31(21-19-29)42-23-25-10-12-27(13-11-25)34(40)28-16-14-26(15-17-28)33-32(22-24-6-4-5-7-24)43-36(38-33)30-8-2-1-3-9-30/h10-21,24,30,34,40-41H,1-9,22-23H2,(H2,37,39). The van der Waals surface area contributed by atoms with E-state index in [0.29, 0.717) is 23.8 Å². The minimum absolute atomic E-state index is 0.0614. The Morgan fingerprint density at radius 2 is 1.49 bits per heavy atom. The first kappa shape index (κ1) is 29.4. The predicted octanol–water partition coefficient (Wildman–Crippen LogP) is 8.35. The third-order valence-corrected chi connectivity index (χ3v) is 10.3. The second-order valence-corrected chi connectivity index (χ2v) is 13.2. The van der Waals surface area contributed by atoms with Crippen LogP contribution in [-0.4, -0.2) is 21.1 Å². The van der Waals surface area contributed by atoms with E-state index in [1.54, 1.807) is 24.3 Å². The summed E-state index contributed by atoms with van der Waals surface area (Å²) in [5.74, 6) is 2.16. The average Bonchev–Trinajstić information content (AvgIpc) is 3.75. The average molecular weight is 596 g/mol. The topological polar surface area (TPSA) is 101 Å². The van der Waals surface area contributed by atoms with E-state index in [4.69, 9.17) is 20.7 Å². The fourth-order valence-corrected chi connectivity index (χ4v) is 7.86. The molecule has 3 aromatic carbocycles. The highest BCUT2D eigenvalue weighted by molar-refractivity contribution is 7.12. The lowest BCUT2D eigenvalue weighted by Gasteiger charge is -2.19. The number of amidine groups is 1. The molecule has 4 aromatic rings. The molecule has 4 N–H and O–H groups in total. The molecule has 0 radical (unpaired) electrons. The number of hydrogen-bond acceptors (Lipinski definition) is 6. The van der Waals surface area contributed by atoms with Gasteiger partial charge in [0.05, 0.1) is 10.7 Å². The summed E-state index contributed by atoms with van der Waals surface area (Å²) in [5.41, 5.74) is 11.3. The van der Waals surface area contributed by atoms with Crippen molar-refractivity contribution in [2.75, 3.05) is 0 Å². The molecule has 0 spiro atoms. The first-order valence-electron chi connectivity index (χ1n) is 15.6. The summed E-state index contributed by atoms with van der Waals surface area (Å²) in [6, 6.07) is 23.3. The van der Waals surface area contributed by atoms with Crippen molar-refractivity contribution >= 4 is 17.2 Å². The zero-order chi connectivity index (χ0) is 29.6. The molecular formula is C36H41N3O3S. The van der Waals surface area contributed by atoms with Crippen molar-refractivity contribution in [2.45, 2.75) is 82.8 Å². The number of rotatable bonds is 10. The molecule has 43 heavy (non-hydrogen) atoms. The fourth-order valence-electron chi connectivity index (χ4n) is 6.49. The summed E-state index contributed by atoms with van der Waals surface area (Å²) in [6.45, 7) is 0.396. The molecule has 1 atom stereocenters. The fraction of sp³-hybridized carbons (Fsp3) is 0.389. The zero-order valence-corrected chi connectivity index (χ0v) is 25.4. The van der Waals surface area contributed by atoms with Gasteiger partial charge in [0.15, 0.2) is 5.84 Å². The van der Waals surface area contributed by atoms with Gasteiger partial charge < -0.3 is 20.8 Å². The van der Waals surface area contributed by atoms with Gasteiger partial charge in [-0.1, -0.05) is 98.6 Å². The number of aliphatic hydroxyl groups excluding tert-OH is 1. The molecular weight excluding hydrogens is 554 g/mol. The Hall–Kier alpha value is -3.68. The summed E-state index contributed by atoms with van der Waals surface area (Å²) < 4.78 is 5.88. The molecule has 0 bridgehead atoms. The van der Waals surface area contributed by atoms with Crippen LogP contribution in [0.2, 0.25) is 0 Å². The van der Waals surface area contributed by atoms with Crippen LogP contribution in [0.1, 0.15) is 102 Å². The maximum atomic E-state index is 11.2. The molecule has 6 rings (SSSR count). The van der Waals surface area contributed by atoms with Gasteiger partial charge in [-0.05, 0) is 66.1 Å². The SMILES string of the molecule is NC(=NO)c1ccc(OCc2ccc(C(O)c3ccc(-c4nc(C5CCCCC5)sc4CC4CCCC4)cc3)cc2)cc1. The number of nitrogens with two attached hydrogens (primary N) is 1. The number of aliphatic hydroxyl groups is 1. The number of aromatic nitrogens is 1. The van der Waals surface area contributed by atoms with Gasteiger partial charge in [0.1, 0.15) is 18.5 Å². The Balaban J connectivity index is 1.12. The van der Waals surface area contributed by atoms with Crippen molar-refractivity contribution in [1.29, 1.82) is 0 Å². The third kappa shape index (κ3) is 7.11. The second-order valence-electron chi connectivity index (χ2n) is 12.1.